The molecule has 1 aliphatic carbocycles. The molecule has 0 aliphatic heterocycles. The summed E-state index contributed by atoms with van der Waals surface area (Å²) < 4.78 is 0. The zero-order valence-electron chi connectivity index (χ0n) is 14.4. The largest absolute Gasteiger partial charge is 0.396 e. The molecule has 1 saturated carbocycles. The Bertz CT molecular complexity index is 834. The van der Waals surface area contributed by atoms with Gasteiger partial charge in [0, 0.05) is 17.5 Å². The first kappa shape index (κ1) is 19.9. The van der Waals surface area contributed by atoms with Gasteiger partial charge >= 0.3 is 0 Å². The van der Waals surface area contributed by atoms with E-state index >= 15 is 0 Å². The number of nitrogens with zero attached hydrogens (tertiary/aromatic N) is 4. The van der Waals surface area contributed by atoms with Gasteiger partial charge in [-0.05, 0) is 37.6 Å². The molecule has 0 saturated heterocycles. The highest BCUT2D eigenvalue weighted by molar-refractivity contribution is 6.32. The lowest BCUT2D eigenvalue weighted by Crippen LogP contribution is -2.35. The standard InChI is InChI=1S/C17H19Cl2N5O3/c1-8-20-16(19)13(24-23-11-4-2-10(18)3-5-11)17(21-8)22-12-6-9(7-25)14(26)15(12)27/h2-5,9,12,14-15,25-27H,6-7H2,1H3,(H,20,21,22)/t9-,12-,14-,15+/m0/s1. The first-order chi connectivity index (χ1) is 12.9. The number of hydrogen-bond acceptors (Lipinski definition) is 8. The summed E-state index contributed by atoms with van der Waals surface area (Å²) in [5.74, 6) is 0.287. The minimum atomic E-state index is -1.06. The number of aromatic nitrogens is 2. The summed E-state index contributed by atoms with van der Waals surface area (Å²) in [6.45, 7) is 1.46. The fourth-order valence-electron chi connectivity index (χ4n) is 2.96. The third kappa shape index (κ3) is 4.53. The lowest BCUT2D eigenvalue weighted by molar-refractivity contribution is 0.00446. The summed E-state index contributed by atoms with van der Waals surface area (Å²) in [6, 6.07) is 6.25. The number of aliphatic hydroxyl groups excluding tert-OH is 3. The van der Waals surface area contributed by atoms with Crippen LogP contribution < -0.4 is 5.32 Å². The predicted molar refractivity (Wildman–Crippen MR) is 102 cm³/mol. The van der Waals surface area contributed by atoms with E-state index in [0.29, 0.717) is 28.8 Å². The number of halogens is 2. The van der Waals surface area contributed by atoms with Crippen molar-refractivity contribution in [2.75, 3.05) is 11.9 Å². The monoisotopic (exact) mass is 411 g/mol. The maximum absolute atomic E-state index is 10.2. The van der Waals surface area contributed by atoms with Crippen molar-refractivity contribution >= 4 is 40.4 Å². The third-order valence-corrected chi connectivity index (χ3v) is 4.92. The van der Waals surface area contributed by atoms with Gasteiger partial charge in [-0.3, -0.25) is 0 Å². The van der Waals surface area contributed by atoms with E-state index in [0.717, 1.165) is 0 Å². The van der Waals surface area contributed by atoms with Crippen LogP contribution in [0.5, 0.6) is 0 Å². The number of hydrogen-bond donors (Lipinski definition) is 4. The SMILES string of the molecule is Cc1nc(Cl)c(N=Nc2ccc(Cl)cc2)c(N[C@H]2C[C@@H](CO)[C@H](O)[C@@H]2O)n1. The van der Waals surface area contributed by atoms with Gasteiger partial charge in [0.15, 0.2) is 16.7 Å². The minimum Gasteiger partial charge on any atom is -0.396 e. The highest BCUT2D eigenvalue weighted by Crippen LogP contribution is 2.35. The summed E-state index contributed by atoms with van der Waals surface area (Å²) in [7, 11) is 0. The molecular formula is C17H19Cl2N5O3. The maximum Gasteiger partial charge on any atom is 0.165 e. The molecule has 8 nitrogen and oxygen atoms in total. The van der Waals surface area contributed by atoms with E-state index < -0.39 is 24.2 Å². The fourth-order valence-corrected chi connectivity index (χ4v) is 3.34. The second-order valence-corrected chi connectivity index (χ2v) is 7.14. The lowest BCUT2D eigenvalue weighted by atomic mass is 10.1. The molecule has 144 valence electrons. The van der Waals surface area contributed by atoms with Crippen molar-refractivity contribution in [2.45, 2.75) is 31.6 Å². The number of benzene rings is 1. The van der Waals surface area contributed by atoms with Crippen molar-refractivity contribution in [3.63, 3.8) is 0 Å². The van der Waals surface area contributed by atoms with Gasteiger partial charge in [0.2, 0.25) is 0 Å². The number of anilines is 1. The van der Waals surface area contributed by atoms with Crippen LogP contribution in [0.2, 0.25) is 10.2 Å². The molecule has 1 fully saturated rings. The van der Waals surface area contributed by atoms with E-state index in [1.807, 2.05) is 0 Å². The molecule has 27 heavy (non-hydrogen) atoms. The Morgan fingerprint density at radius 3 is 2.44 bits per heavy atom. The molecule has 0 amide bonds. The third-order valence-electron chi connectivity index (χ3n) is 4.40. The van der Waals surface area contributed by atoms with E-state index in [4.69, 9.17) is 23.2 Å². The van der Waals surface area contributed by atoms with Gasteiger partial charge in [0.25, 0.3) is 0 Å². The van der Waals surface area contributed by atoms with E-state index in [-0.39, 0.29) is 17.4 Å². The van der Waals surface area contributed by atoms with Crippen LogP contribution in [0, 0.1) is 12.8 Å². The zero-order chi connectivity index (χ0) is 19.6. The van der Waals surface area contributed by atoms with Crippen molar-refractivity contribution in [1.29, 1.82) is 0 Å². The number of rotatable bonds is 5. The Hall–Kier alpha value is -1.84. The van der Waals surface area contributed by atoms with Crippen LogP contribution >= 0.6 is 23.2 Å². The second-order valence-electron chi connectivity index (χ2n) is 6.35. The van der Waals surface area contributed by atoms with E-state index in [9.17, 15) is 15.3 Å². The summed E-state index contributed by atoms with van der Waals surface area (Å²) in [4.78, 5) is 8.39. The molecule has 1 aliphatic rings. The molecule has 2 aromatic rings. The normalized spacial score (nSPS) is 25.3. The van der Waals surface area contributed by atoms with E-state index in [2.05, 4.69) is 25.5 Å². The first-order valence-corrected chi connectivity index (χ1v) is 9.09. The molecule has 1 aromatic heterocycles. The average Bonchev–Trinajstić information content (AvgIpc) is 2.90. The Labute approximate surface area is 165 Å². The summed E-state index contributed by atoms with van der Waals surface area (Å²) in [6.07, 6.45) is -1.71. The van der Waals surface area contributed by atoms with Crippen molar-refractivity contribution in [3.8, 4) is 0 Å². The smallest absolute Gasteiger partial charge is 0.165 e. The Balaban J connectivity index is 1.88. The molecule has 4 atom stereocenters. The average molecular weight is 412 g/mol. The molecule has 0 unspecified atom stereocenters. The second kappa shape index (κ2) is 8.45. The van der Waals surface area contributed by atoms with Gasteiger partial charge in [-0.2, -0.15) is 5.11 Å². The summed E-state index contributed by atoms with van der Waals surface area (Å²) in [5.41, 5.74) is 0.782. The van der Waals surface area contributed by atoms with Gasteiger partial charge < -0.3 is 20.6 Å². The highest BCUT2D eigenvalue weighted by atomic mass is 35.5. The van der Waals surface area contributed by atoms with E-state index in [1.165, 1.54) is 0 Å². The molecule has 1 aromatic carbocycles. The minimum absolute atomic E-state index is 0.106. The van der Waals surface area contributed by atoms with Crippen molar-refractivity contribution in [3.05, 3.63) is 40.3 Å². The van der Waals surface area contributed by atoms with Crippen molar-refractivity contribution in [1.82, 2.24) is 9.97 Å². The molecule has 0 radical (unpaired) electrons. The van der Waals surface area contributed by atoms with Gasteiger partial charge in [-0.25, -0.2) is 9.97 Å². The van der Waals surface area contributed by atoms with Crippen LogP contribution in [-0.4, -0.2) is 50.1 Å². The summed E-state index contributed by atoms with van der Waals surface area (Å²) in [5, 5.41) is 41.5. The Kier molecular flexibility index (Phi) is 6.23. The molecule has 0 bridgehead atoms. The van der Waals surface area contributed by atoms with Crippen LogP contribution in [-0.2, 0) is 0 Å². The van der Waals surface area contributed by atoms with Gasteiger partial charge in [0.05, 0.1) is 17.8 Å². The van der Waals surface area contributed by atoms with Crippen molar-refractivity contribution in [2.24, 2.45) is 16.1 Å². The van der Waals surface area contributed by atoms with Crippen LogP contribution in [0.1, 0.15) is 12.2 Å². The Morgan fingerprint density at radius 2 is 1.81 bits per heavy atom. The number of aryl methyl sites for hydroxylation is 1. The number of nitrogens with one attached hydrogen (secondary N) is 1. The van der Waals surface area contributed by atoms with Gasteiger partial charge in [0.1, 0.15) is 11.9 Å². The molecule has 0 spiro atoms. The van der Waals surface area contributed by atoms with Crippen LogP contribution in [0.3, 0.4) is 0 Å². The number of azo groups is 1. The van der Waals surface area contributed by atoms with Crippen LogP contribution in [0.25, 0.3) is 0 Å². The first-order valence-electron chi connectivity index (χ1n) is 8.34. The fraction of sp³-hybridized carbons (Fsp3) is 0.412. The molecular weight excluding hydrogens is 393 g/mol. The van der Waals surface area contributed by atoms with Gasteiger partial charge in [-0.1, -0.05) is 23.2 Å². The predicted octanol–water partition coefficient (Wildman–Crippen LogP) is 3.02. The summed E-state index contributed by atoms with van der Waals surface area (Å²) >= 11 is 12.1. The Morgan fingerprint density at radius 1 is 1.11 bits per heavy atom. The van der Waals surface area contributed by atoms with Crippen molar-refractivity contribution < 1.29 is 15.3 Å². The quantitative estimate of drug-likeness (QED) is 0.442. The lowest BCUT2D eigenvalue weighted by Gasteiger charge is -2.19. The van der Waals surface area contributed by atoms with E-state index in [1.54, 1.807) is 31.2 Å². The molecule has 3 rings (SSSR count). The topological polar surface area (TPSA) is 123 Å². The molecule has 10 heteroatoms. The van der Waals surface area contributed by atoms with Gasteiger partial charge in [-0.15, -0.1) is 5.11 Å². The molecule has 4 N–H and O–H groups in total. The maximum atomic E-state index is 10.2. The zero-order valence-corrected chi connectivity index (χ0v) is 15.9. The number of aliphatic hydroxyl groups is 3. The molecule has 1 heterocycles. The highest BCUT2D eigenvalue weighted by Gasteiger charge is 2.41. The van der Waals surface area contributed by atoms with Crippen LogP contribution in [0.15, 0.2) is 34.5 Å². The van der Waals surface area contributed by atoms with Crippen LogP contribution in [0.4, 0.5) is 17.2 Å².